The van der Waals surface area contributed by atoms with Gasteiger partial charge in [-0.2, -0.15) is 0 Å². The van der Waals surface area contributed by atoms with Crippen LogP contribution < -0.4 is 16.4 Å². The van der Waals surface area contributed by atoms with Crippen LogP contribution in [-0.2, 0) is 14.3 Å². The predicted molar refractivity (Wildman–Crippen MR) is 94.0 cm³/mol. The van der Waals surface area contributed by atoms with Crippen molar-refractivity contribution in [2.75, 3.05) is 19.0 Å². The highest BCUT2D eigenvalue weighted by atomic mass is 16.5. The van der Waals surface area contributed by atoms with E-state index in [9.17, 15) is 14.4 Å². The van der Waals surface area contributed by atoms with Crippen molar-refractivity contribution < 1.29 is 19.1 Å². The Hall–Kier alpha value is -2.41. The summed E-state index contributed by atoms with van der Waals surface area (Å²) in [5, 5.41) is 5.53. The van der Waals surface area contributed by atoms with Crippen LogP contribution in [0.4, 0.5) is 5.69 Å². The quantitative estimate of drug-likeness (QED) is 0.674. The van der Waals surface area contributed by atoms with Gasteiger partial charge in [-0.25, -0.2) is 0 Å². The number of esters is 1. The van der Waals surface area contributed by atoms with E-state index in [-0.39, 0.29) is 42.7 Å². The summed E-state index contributed by atoms with van der Waals surface area (Å²) >= 11 is 0. The Morgan fingerprint density at radius 1 is 1.12 bits per heavy atom. The van der Waals surface area contributed by atoms with Crippen molar-refractivity contribution in [2.45, 2.75) is 38.1 Å². The molecule has 0 bridgehead atoms. The van der Waals surface area contributed by atoms with Gasteiger partial charge in [-0.05, 0) is 49.9 Å². The number of benzene rings is 1. The summed E-state index contributed by atoms with van der Waals surface area (Å²) in [6.07, 6.45) is 3.51. The Balaban J connectivity index is 1.81. The van der Waals surface area contributed by atoms with E-state index in [4.69, 9.17) is 5.73 Å². The first-order valence-corrected chi connectivity index (χ1v) is 8.51. The molecule has 1 aromatic rings. The normalized spacial score (nSPS) is 19.8. The SMILES string of the molecule is COC(=O)CCNC(=O)c1ccc(NC(=O)C2CCC(N)CC2)cc1. The van der Waals surface area contributed by atoms with Gasteiger partial charge >= 0.3 is 5.97 Å². The van der Waals surface area contributed by atoms with Gasteiger partial charge in [-0.1, -0.05) is 0 Å². The maximum absolute atomic E-state index is 12.3. The fourth-order valence-corrected chi connectivity index (χ4v) is 2.81. The van der Waals surface area contributed by atoms with Crippen LogP contribution in [0.2, 0.25) is 0 Å². The lowest BCUT2D eigenvalue weighted by Crippen LogP contribution is -2.32. The van der Waals surface area contributed by atoms with Crippen molar-refractivity contribution in [2.24, 2.45) is 11.7 Å². The summed E-state index contributed by atoms with van der Waals surface area (Å²) in [7, 11) is 1.30. The molecule has 1 saturated carbocycles. The number of anilines is 1. The lowest BCUT2D eigenvalue weighted by molar-refractivity contribution is -0.140. The van der Waals surface area contributed by atoms with Gasteiger partial charge in [0.05, 0.1) is 13.5 Å². The fourth-order valence-electron chi connectivity index (χ4n) is 2.81. The summed E-state index contributed by atoms with van der Waals surface area (Å²) in [6.45, 7) is 0.216. The zero-order valence-corrected chi connectivity index (χ0v) is 14.4. The molecule has 25 heavy (non-hydrogen) atoms. The number of amides is 2. The van der Waals surface area contributed by atoms with Gasteiger partial charge in [0.25, 0.3) is 5.91 Å². The van der Waals surface area contributed by atoms with Crippen LogP contribution in [0, 0.1) is 5.92 Å². The second-order valence-corrected chi connectivity index (χ2v) is 6.26. The minimum Gasteiger partial charge on any atom is -0.469 e. The zero-order valence-electron chi connectivity index (χ0n) is 14.4. The third-order valence-electron chi connectivity index (χ3n) is 4.40. The standard InChI is InChI=1S/C18H25N3O4/c1-25-16(22)10-11-20-17(23)12-4-8-15(9-5-12)21-18(24)13-2-6-14(19)7-3-13/h4-5,8-9,13-14H,2-3,6-7,10-11,19H2,1H3,(H,20,23)(H,21,24). The van der Waals surface area contributed by atoms with Crippen molar-refractivity contribution in [1.82, 2.24) is 5.32 Å². The van der Waals surface area contributed by atoms with Gasteiger partial charge in [0.1, 0.15) is 0 Å². The van der Waals surface area contributed by atoms with Crippen LogP contribution in [0.5, 0.6) is 0 Å². The van der Waals surface area contributed by atoms with Crippen molar-refractivity contribution in [1.29, 1.82) is 0 Å². The average Bonchev–Trinajstić information content (AvgIpc) is 2.62. The number of rotatable bonds is 6. The molecule has 0 aliphatic heterocycles. The lowest BCUT2D eigenvalue weighted by atomic mass is 9.86. The summed E-state index contributed by atoms with van der Waals surface area (Å²) in [5.41, 5.74) is 6.98. The van der Waals surface area contributed by atoms with Gasteiger partial charge in [0.2, 0.25) is 5.91 Å². The van der Waals surface area contributed by atoms with E-state index in [1.54, 1.807) is 24.3 Å². The number of hydrogen-bond acceptors (Lipinski definition) is 5. The topological polar surface area (TPSA) is 111 Å². The number of nitrogens with two attached hydrogens (primary N) is 1. The van der Waals surface area contributed by atoms with Gasteiger partial charge in [-0.3, -0.25) is 14.4 Å². The molecule has 0 atom stereocenters. The molecule has 0 saturated heterocycles. The Morgan fingerprint density at radius 3 is 2.36 bits per heavy atom. The summed E-state index contributed by atoms with van der Waals surface area (Å²) in [6, 6.07) is 6.88. The Bertz CT molecular complexity index is 607. The van der Waals surface area contributed by atoms with Gasteiger partial charge in [0.15, 0.2) is 0 Å². The van der Waals surface area contributed by atoms with Crippen LogP contribution in [0.1, 0.15) is 42.5 Å². The third kappa shape index (κ3) is 5.86. The second-order valence-electron chi connectivity index (χ2n) is 6.26. The van der Waals surface area contributed by atoms with Crippen molar-refractivity contribution in [3.63, 3.8) is 0 Å². The monoisotopic (exact) mass is 347 g/mol. The van der Waals surface area contributed by atoms with Crippen LogP contribution in [0.25, 0.3) is 0 Å². The van der Waals surface area contributed by atoms with Crippen LogP contribution >= 0.6 is 0 Å². The Kier molecular flexibility index (Phi) is 6.94. The maximum atomic E-state index is 12.3. The molecule has 1 aliphatic carbocycles. The Morgan fingerprint density at radius 2 is 1.76 bits per heavy atom. The molecule has 4 N–H and O–H groups in total. The molecule has 0 aromatic heterocycles. The molecular formula is C18H25N3O4. The molecule has 0 unspecified atom stereocenters. The highest BCUT2D eigenvalue weighted by Crippen LogP contribution is 2.24. The van der Waals surface area contributed by atoms with Gasteiger partial charge in [-0.15, -0.1) is 0 Å². The minimum atomic E-state index is -0.373. The van der Waals surface area contributed by atoms with Crippen LogP contribution in [-0.4, -0.2) is 37.5 Å². The number of carbonyl (C=O) groups excluding carboxylic acids is 3. The van der Waals surface area contributed by atoms with Gasteiger partial charge in [0, 0.05) is 29.8 Å². The average molecular weight is 347 g/mol. The summed E-state index contributed by atoms with van der Waals surface area (Å²) < 4.78 is 4.51. The van der Waals surface area contributed by atoms with Crippen LogP contribution in [0.3, 0.4) is 0 Å². The molecule has 0 heterocycles. The van der Waals surface area contributed by atoms with E-state index in [2.05, 4.69) is 15.4 Å². The molecule has 1 fully saturated rings. The smallest absolute Gasteiger partial charge is 0.307 e. The molecule has 2 rings (SSSR count). The number of methoxy groups -OCH3 is 1. The first-order chi connectivity index (χ1) is 12.0. The maximum Gasteiger partial charge on any atom is 0.307 e. The molecule has 0 spiro atoms. The van der Waals surface area contributed by atoms with Crippen molar-refractivity contribution in [3.05, 3.63) is 29.8 Å². The van der Waals surface area contributed by atoms with Gasteiger partial charge < -0.3 is 21.1 Å². The van der Waals surface area contributed by atoms with Crippen molar-refractivity contribution >= 4 is 23.5 Å². The van der Waals surface area contributed by atoms with Crippen molar-refractivity contribution in [3.8, 4) is 0 Å². The highest BCUT2D eigenvalue weighted by Gasteiger charge is 2.24. The van der Waals surface area contributed by atoms with E-state index in [1.807, 2.05) is 0 Å². The molecule has 1 aliphatic rings. The van der Waals surface area contributed by atoms with E-state index in [0.29, 0.717) is 11.3 Å². The van der Waals surface area contributed by atoms with E-state index >= 15 is 0 Å². The third-order valence-corrected chi connectivity index (χ3v) is 4.40. The Labute approximate surface area is 147 Å². The van der Waals surface area contributed by atoms with E-state index < -0.39 is 0 Å². The fraction of sp³-hybridized carbons (Fsp3) is 0.500. The molecule has 2 amide bonds. The number of carbonyl (C=O) groups is 3. The highest BCUT2D eigenvalue weighted by molar-refractivity contribution is 5.96. The lowest BCUT2D eigenvalue weighted by Gasteiger charge is -2.25. The van der Waals surface area contributed by atoms with E-state index in [0.717, 1.165) is 25.7 Å². The number of hydrogen-bond donors (Lipinski definition) is 3. The molecule has 7 nitrogen and oxygen atoms in total. The zero-order chi connectivity index (χ0) is 18.2. The largest absolute Gasteiger partial charge is 0.469 e. The summed E-state index contributed by atoms with van der Waals surface area (Å²) in [4.78, 5) is 35.2. The predicted octanol–water partition coefficient (Wildman–Crippen LogP) is 1.44. The molecule has 0 radical (unpaired) electrons. The first-order valence-electron chi connectivity index (χ1n) is 8.51. The molecule has 7 heteroatoms. The van der Waals surface area contributed by atoms with Crippen LogP contribution in [0.15, 0.2) is 24.3 Å². The molecular weight excluding hydrogens is 322 g/mol. The molecule has 136 valence electrons. The first kappa shape index (κ1) is 18.9. The number of nitrogens with one attached hydrogen (secondary N) is 2. The van der Waals surface area contributed by atoms with E-state index in [1.165, 1.54) is 7.11 Å². The second kappa shape index (κ2) is 9.17. The molecule has 1 aromatic carbocycles. The minimum absolute atomic E-state index is 0.00102. The summed E-state index contributed by atoms with van der Waals surface area (Å²) in [5.74, 6) is -0.645. The number of ether oxygens (including phenoxy) is 1.